The van der Waals surface area contributed by atoms with E-state index in [0.717, 1.165) is 12.3 Å². The molecule has 0 radical (unpaired) electrons. The number of thioether (sulfide) groups is 1. The molecule has 90 valence electrons. The van der Waals surface area contributed by atoms with Gasteiger partial charge in [-0.25, -0.2) is 0 Å². The highest BCUT2D eigenvalue weighted by Gasteiger charge is 2.65. The molecule has 0 bridgehead atoms. The van der Waals surface area contributed by atoms with Crippen molar-refractivity contribution in [1.29, 1.82) is 0 Å². The van der Waals surface area contributed by atoms with Gasteiger partial charge < -0.3 is 5.11 Å². The Morgan fingerprint density at radius 1 is 1.12 bits per heavy atom. The molecule has 1 aliphatic heterocycles. The summed E-state index contributed by atoms with van der Waals surface area (Å²) in [6, 6.07) is 0. The largest absolute Gasteiger partial charge is 0.374 e. The quantitative estimate of drug-likeness (QED) is 0.559. The van der Waals surface area contributed by atoms with E-state index in [1.165, 1.54) is 25.7 Å². The van der Waals surface area contributed by atoms with Gasteiger partial charge in [0.2, 0.25) is 0 Å². The molecule has 2 atom stereocenters. The van der Waals surface area contributed by atoms with Gasteiger partial charge in [0.05, 0.1) is 4.75 Å². The summed E-state index contributed by atoms with van der Waals surface area (Å²) in [5.74, 6) is 0.822. The van der Waals surface area contributed by atoms with Gasteiger partial charge in [-0.3, -0.25) is 0 Å². The van der Waals surface area contributed by atoms with Crippen LogP contribution in [0.25, 0.3) is 0 Å². The minimum Gasteiger partial charge on any atom is -0.374 e. The molecule has 1 fully saturated rings. The van der Waals surface area contributed by atoms with E-state index >= 15 is 0 Å². The lowest BCUT2D eigenvalue weighted by Crippen LogP contribution is -2.23. The molecule has 16 heavy (non-hydrogen) atoms. The molecule has 1 aliphatic carbocycles. The number of allylic oxidation sites excluding steroid dienone is 2. The molecule has 0 saturated carbocycles. The van der Waals surface area contributed by atoms with Crippen molar-refractivity contribution in [3.05, 3.63) is 24.3 Å². The number of hydrogen-bond donors (Lipinski definition) is 1. The molecule has 2 aliphatic rings. The monoisotopic (exact) mass is 238 g/mol. The molecule has 1 saturated heterocycles. The van der Waals surface area contributed by atoms with Crippen molar-refractivity contribution < 1.29 is 5.11 Å². The summed E-state index contributed by atoms with van der Waals surface area (Å²) in [7, 11) is 0. The lowest BCUT2D eigenvalue weighted by Gasteiger charge is -2.15. The van der Waals surface area contributed by atoms with E-state index in [4.69, 9.17) is 0 Å². The van der Waals surface area contributed by atoms with Crippen molar-refractivity contribution in [1.82, 2.24) is 0 Å². The average Bonchev–Trinajstić information content (AvgIpc) is 2.83. The molecular formula is C14H22OS. The number of unbranched alkanes of at least 4 members (excludes halogenated alkanes) is 2. The number of rotatable bonds is 6. The third-order valence-corrected chi connectivity index (χ3v) is 5.15. The summed E-state index contributed by atoms with van der Waals surface area (Å²) in [4.78, 5) is -0.570. The molecule has 2 rings (SSSR count). The fourth-order valence-electron chi connectivity index (χ4n) is 2.41. The Morgan fingerprint density at radius 2 is 1.88 bits per heavy atom. The Morgan fingerprint density at radius 3 is 2.56 bits per heavy atom. The molecule has 2 unspecified atom stereocenters. The van der Waals surface area contributed by atoms with E-state index in [2.05, 4.69) is 26.0 Å². The first-order chi connectivity index (χ1) is 7.58. The number of fused-ring (bicyclic) bond motifs is 1. The van der Waals surface area contributed by atoms with Crippen molar-refractivity contribution in [3.63, 3.8) is 0 Å². The molecule has 1 heterocycles. The van der Waals surface area contributed by atoms with Crippen LogP contribution in [0.1, 0.15) is 46.0 Å². The van der Waals surface area contributed by atoms with Crippen LogP contribution in [0.4, 0.5) is 0 Å². The second kappa shape index (κ2) is 4.58. The van der Waals surface area contributed by atoms with Gasteiger partial charge in [-0.15, -0.1) is 11.8 Å². The third-order valence-electron chi connectivity index (χ3n) is 3.53. The van der Waals surface area contributed by atoms with Crippen LogP contribution >= 0.6 is 11.8 Å². The van der Waals surface area contributed by atoms with Crippen LogP contribution in [-0.2, 0) is 0 Å². The Hall–Kier alpha value is -0.210. The Kier molecular flexibility index (Phi) is 3.50. The van der Waals surface area contributed by atoms with Gasteiger partial charge in [-0.2, -0.15) is 0 Å². The maximum atomic E-state index is 10.2. The summed E-state index contributed by atoms with van der Waals surface area (Å²) in [5.41, 5.74) is 0. The first-order valence-corrected chi connectivity index (χ1v) is 7.19. The maximum absolute atomic E-state index is 10.2. The molecule has 2 heteroatoms. The van der Waals surface area contributed by atoms with Crippen LogP contribution < -0.4 is 0 Å². The smallest absolute Gasteiger partial charge is 0.148 e. The Bertz CT molecular complexity index is 308. The van der Waals surface area contributed by atoms with E-state index in [1.54, 1.807) is 11.8 Å². The first-order valence-electron chi connectivity index (χ1n) is 6.38. The van der Waals surface area contributed by atoms with Gasteiger partial charge in [-0.05, 0) is 18.4 Å². The Labute approximate surface area is 103 Å². The zero-order valence-electron chi connectivity index (χ0n) is 10.3. The van der Waals surface area contributed by atoms with Crippen LogP contribution in [0.2, 0.25) is 0 Å². The van der Waals surface area contributed by atoms with Crippen LogP contribution in [0.15, 0.2) is 24.3 Å². The second-order valence-electron chi connectivity index (χ2n) is 5.40. The van der Waals surface area contributed by atoms with Gasteiger partial charge in [0.1, 0.15) is 4.93 Å². The number of aliphatic hydroxyl groups is 1. The van der Waals surface area contributed by atoms with Gasteiger partial charge in [0.25, 0.3) is 0 Å². The van der Waals surface area contributed by atoms with Crippen molar-refractivity contribution in [2.24, 2.45) is 5.92 Å². The number of hydrogen-bond acceptors (Lipinski definition) is 2. The fourth-order valence-corrected chi connectivity index (χ4v) is 3.69. The lowest BCUT2D eigenvalue weighted by molar-refractivity contribution is 0.193. The van der Waals surface area contributed by atoms with E-state index in [1.807, 2.05) is 12.2 Å². The maximum Gasteiger partial charge on any atom is 0.148 e. The summed E-state index contributed by atoms with van der Waals surface area (Å²) in [6.45, 7) is 4.56. The zero-order valence-corrected chi connectivity index (χ0v) is 11.1. The molecule has 0 aromatic heterocycles. The van der Waals surface area contributed by atoms with Crippen LogP contribution in [0.3, 0.4) is 0 Å². The third kappa shape index (κ3) is 2.38. The SMILES string of the molecule is CC(C)CCCCCC12C=CC=CC1(O)S2. The van der Waals surface area contributed by atoms with E-state index in [0.29, 0.717) is 0 Å². The van der Waals surface area contributed by atoms with Crippen molar-refractivity contribution >= 4 is 11.8 Å². The highest BCUT2D eigenvalue weighted by molar-refractivity contribution is 8.09. The van der Waals surface area contributed by atoms with Crippen LogP contribution in [0, 0.1) is 5.92 Å². The molecule has 0 aromatic rings. The minimum atomic E-state index is -0.570. The lowest BCUT2D eigenvalue weighted by atomic mass is 9.91. The Balaban J connectivity index is 1.68. The zero-order chi connectivity index (χ0) is 11.6. The van der Waals surface area contributed by atoms with Crippen molar-refractivity contribution in [2.45, 2.75) is 55.6 Å². The highest BCUT2D eigenvalue weighted by atomic mass is 32.2. The van der Waals surface area contributed by atoms with Crippen LogP contribution in [0.5, 0.6) is 0 Å². The van der Waals surface area contributed by atoms with Gasteiger partial charge in [0, 0.05) is 0 Å². The van der Waals surface area contributed by atoms with Gasteiger partial charge in [-0.1, -0.05) is 57.8 Å². The van der Waals surface area contributed by atoms with E-state index < -0.39 is 4.93 Å². The van der Waals surface area contributed by atoms with Gasteiger partial charge >= 0.3 is 0 Å². The summed E-state index contributed by atoms with van der Waals surface area (Å²) in [5, 5.41) is 10.2. The normalized spacial score (nSPS) is 35.5. The predicted octanol–water partition coefficient (Wildman–Crippen LogP) is 3.89. The predicted molar refractivity (Wildman–Crippen MR) is 71.5 cm³/mol. The fraction of sp³-hybridized carbons (Fsp3) is 0.714. The van der Waals surface area contributed by atoms with Crippen molar-refractivity contribution in [2.75, 3.05) is 0 Å². The molecular weight excluding hydrogens is 216 g/mol. The first kappa shape index (κ1) is 12.3. The molecule has 0 spiro atoms. The molecule has 1 N–H and O–H groups in total. The average molecular weight is 238 g/mol. The van der Waals surface area contributed by atoms with E-state index in [9.17, 15) is 5.11 Å². The summed E-state index contributed by atoms with van der Waals surface area (Å²) >= 11 is 1.70. The van der Waals surface area contributed by atoms with E-state index in [-0.39, 0.29) is 4.75 Å². The molecule has 1 nitrogen and oxygen atoms in total. The van der Waals surface area contributed by atoms with Crippen LogP contribution in [-0.4, -0.2) is 14.8 Å². The summed E-state index contributed by atoms with van der Waals surface area (Å²) < 4.78 is 0.0274. The highest BCUT2D eigenvalue weighted by Crippen LogP contribution is 2.67. The van der Waals surface area contributed by atoms with Crippen molar-refractivity contribution in [3.8, 4) is 0 Å². The molecule has 0 amide bonds. The second-order valence-corrected chi connectivity index (χ2v) is 6.95. The summed E-state index contributed by atoms with van der Waals surface area (Å²) in [6.07, 6.45) is 14.5. The standard InChI is InChI=1S/C14H22OS/c1-12(2)8-4-3-5-9-13-10-6-7-11-14(13,15)16-13/h6-7,10-12,15H,3-5,8-9H2,1-2H3. The van der Waals surface area contributed by atoms with Gasteiger partial charge in [0.15, 0.2) is 0 Å². The minimum absolute atomic E-state index is 0.0274. The molecule has 0 aromatic carbocycles. The topological polar surface area (TPSA) is 20.2 Å².